The lowest BCUT2D eigenvalue weighted by atomic mass is 10.1. The Morgan fingerprint density at radius 1 is 1.61 bits per heavy atom. The Hall–Kier alpha value is -0.980. The summed E-state index contributed by atoms with van der Waals surface area (Å²) in [5, 5.41) is 0. The minimum atomic E-state index is -0.450. The van der Waals surface area contributed by atoms with Crippen molar-refractivity contribution < 1.29 is 13.9 Å². The van der Waals surface area contributed by atoms with Crippen molar-refractivity contribution in [1.29, 1.82) is 0 Å². The van der Waals surface area contributed by atoms with E-state index in [0.717, 1.165) is 5.56 Å². The fourth-order valence-corrected chi connectivity index (χ4v) is 2.37. The van der Waals surface area contributed by atoms with Crippen LogP contribution < -0.4 is 5.73 Å². The predicted octanol–water partition coefficient (Wildman–Crippen LogP) is 1.27. The summed E-state index contributed by atoms with van der Waals surface area (Å²) < 4.78 is 19.1. The van der Waals surface area contributed by atoms with Gasteiger partial charge in [0.2, 0.25) is 5.91 Å². The quantitative estimate of drug-likeness (QED) is 0.913. The summed E-state index contributed by atoms with van der Waals surface area (Å²) in [5.74, 6) is -0.724. The van der Waals surface area contributed by atoms with Crippen molar-refractivity contribution in [2.75, 3.05) is 19.8 Å². The van der Waals surface area contributed by atoms with Crippen molar-refractivity contribution in [2.45, 2.75) is 12.6 Å². The molecular weight excluding hydrogens is 303 g/mol. The fourth-order valence-electron chi connectivity index (χ4n) is 1.98. The number of carbonyl (C=O) groups excluding carboxylic acids is 1. The highest BCUT2D eigenvalue weighted by molar-refractivity contribution is 9.10. The van der Waals surface area contributed by atoms with E-state index < -0.39 is 11.9 Å². The van der Waals surface area contributed by atoms with E-state index in [2.05, 4.69) is 15.9 Å². The molecule has 1 aromatic carbocycles. The fraction of sp³-hybridized carbons (Fsp3) is 0.417. The molecule has 0 radical (unpaired) electrons. The van der Waals surface area contributed by atoms with Crippen LogP contribution in [0.3, 0.4) is 0 Å². The van der Waals surface area contributed by atoms with E-state index in [1.807, 2.05) is 11.0 Å². The predicted molar refractivity (Wildman–Crippen MR) is 68.3 cm³/mol. The van der Waals surface area contributed by atoms with Gasteiger partial charge in [-0.25, -0.2) is 4.39 Å². The lowest BCUT2D eigenvalue weighted by molar-refractivity contribution is -0.129. The van der Waals surface area contributed by atoms with Gasteiger partial charge in [0.15, 0.2) is 0 Å². The standard InChI is InChI=1S/C12H14BrFN2O2/c13-11-8(2-1-3-9(11)14)6-16-4-5-18-7-10(16)12(15)17/h1-3,10H,4-7H2,(H2,15,17). The minimum absolute atomic E-state index is 0.294. The van der Waals surface area contributed by atoms with Gasteiger partial charge in [0.1, 0.15) is 11.9 Å². The Kier molecular flexibility index (Phi) is 4.31. The SMILES string of the molecule is NC(=O)C1COCCN1Cc1cccc(F)c1Br. The van der Waals surface area contributed by atoms with E-state index in [1.54, 1.807) is 6.07 Å². The average Bonchev–Trinajstić information content (AvgIpc) is 2.35. The summed E-state index contributed by atoms with van der Waals surface area (Å²) in [4.78, 5) is 13.2. The van der Waals surface area contributed by atoms with E-state index in [1.165, 1.54) is 6.07 Å². The second kappa shape index (κ2) is 5.77. The maximum atomic E-state index is 13.4. The zero-order valence-corrected chi connectivity index (χ0v) is 11.3. The molecular formula is C12H14BrFN2O2. The second-order valence-corrected chi connectivity index (χ2v) is 4.97. The highest BCUT2D eigenvalue weighted by atomic mass is 79.9. The number of rotatable bonds is 3. The maximum Gasteiger partial charge on any atom is 0.237 e. The lowest BCUT2D eigenvalue weighted by Crippen LogP contribution is -2.51. The molecule has 18 heavy (non-hydrogen) atoms. The number of benzene rings is 1. The molecule has 0 aromatic heterocycles. The van der Waals surface area contributed by atoms with Gasteiger partial charge in [-0.05, 0) is 27.6 Å². The van der Waals surface area contributed by atoms with Crippen LogP contribution in [0.15, 0.2) is 22.7 Å². The number of morpholine rings is 1. The van der Waals surface area contributed by atoms with Crippen LogP contribution in [-0.4, -0.2) is 36.6 Å². The molecule has 1 amide bonds. The van der Waals surface area contributed by atoms with Gasteiger partial charge in [-0.15, -0.1) is 0 Å². The summed E-state index contributed by atoms with van der Waals surface area (Å²) in [6.07, 6.45) is 0. The largest absolute Gasteiger partial charge is 0.378 e. The normalized spacial score (nSPS) is 20.9. The number of ether oxygens (including phenoxy) is 1. The zero-order chi connectivity index (χ0) is 13.1. The van der Waals surface area contributed by atoms with Crippen molar-refractivity contribution >= 4 is 21.8 Å². The smallest absolute Gasteiger partial charge is 0.237 e. The van der Waals surface area contributed by atoms with Crippen LogP contribution in [0.25, 0.3) is 0 Å². The molecule has 2 rings (SSSR count). The van der Waals surface area contributed by atoms with E-state index in [9.17, 15) is 9.18 Å². The van der Waals surface area contributed by atoms with E-state index in [4.69, 9.17) is 10.5 Å². The summed E-state index contributed by atoms with van der Waals surface area (Å²) in [6, 6.07) is 4.41. The first-order chi connectivity index (χ1) is 8.59. The third kappa shape index (κ3) is 2.88. The molecule has 1 aliphatic heterocycles. The van der Waals surface area contributed by atoms with Crippen LogP contribution in [0.4, 0.5) is 4.39 Å². The number of nitrogens with zero attached hydrogens (tertiary/aromatic N) is 1. The number of primary amides is 1. The first-order valence-electron chi connectivity index (χ1n) is 5.63. The molecule has 1 aliphatic rings. The third-order valence-electron chi connectivity index (χ3n) is 2.97. The van der Waals surface area contributed by atoms with E-state index >= 15 is 0 Å². The third-order valence-corrected chi connectivity index (χ3v) is 3.86. The minimum Gasteiger partial charge on any atom is -0.378 e. The van der Waals surface area contributed by atoms with Gasteiger partial charge in [0, 0.05) is 13.1 Å². The first-order valence-corrected chi connectivity index (χ1v) is 6.43. The molecule has 1 unspecified atom stereocenters. The number of hydrogen-bond donors (Lipinski definition) is 1. The number of halogens is 2. The molecule has 2 N–H and O–H groups in total. The van der Waals surface area contributed by atoms with Gasteiger partial charge in [0.25, 0.3) is 0 Å². The molecule has 0 saturated carbocycles. The molecule has 0 spiro atoms. The summed E-state index contributed by atoms with van der Waals surface area (Å²) in [6.45, 7) is 1.92. The van der Waals surface area contributed by atoms with Crippen molar-refractivity contribution in [3.8, 4) is 0 Å². The first kappa shape index (κ1) is 13.5. The van der Waals surface area contributed by atoms with Crippen LogP contribution in [0.2, 0.25) is 0 Å². The van der Waals surface area contributed by atoms with E-state index in [-0.39, 0.29) is 5.82 Å². The Morgan fingerprint density at radius 2 is 2.39 bits per heavy atom. The lowest BCUT2D eigenvalue weighted by Gasteiger charge is -2.33. The highest BCUT2D eigenvalue weighted by Crippen LogP contribution is 2.23. The Balaban J connectivity index is 2.16. The van der Waals surface area contributed by atoms with Crippen LogP contribution in [0.5, 0.6) is 0 Å². The highest BCUT2D eigenvalue weighted by Gasteiger charge is 2.28. The molecule has 1 fully saturated rings. The number of carbonyl (C=O) groups is 1. The van der Waals surface area contributed by atoms with Gasteiger partial charge in [-0.1, -0.05) is 12.1 Å². The molecule has 1 heterocycles. The molecule has 1 saturated heterocycles. The van der Waals surface area contributed by atoms with Crippen LogP contribution >= 0.6 is 15.9 Å². The topological polar surface area (TPSA) is 55.6 Å². The van der Waals surface area contributed by atoms with Crippen molar-refractivity contribution in [3.05, 3.63) is 34.1 Å². The van der Waals surface area contributed by atoms with Crippen molar-refractivity contribution in [2.24, 2.45) is 5.73 Å². The van der Waals surface area contributed by atoms with Crippen LogP contribution in [-0.2, 0) is 16.1 Å². The van der Waals surface area contributed by atoms with Crippen molar-refractivity contribution in [1.82, 2.24) is 4.90 Å². The Bertz CT molecular complexity index is 456. The van der Waals surface area contributed by atoms with Gasteiger partial charge >= 0.3 is 0 Å². The van der Waals surface area contributed by atoms with Crippen LogP contribution in [0, 0.1) is 5.82 Å². The Labute approximate surface area is 113 Å². The van der Waals surface area contributed by atoms with Crippen molar-refractivity contribution in [3.63, 3.8) is 0 Å². The molecule has 0 bridgehead atoms. The van der Waals surface area contributed by atoms with E-state index in [0.29, 0.717) is 30.8 Å². The summed E-state index contributed by atoms with van der Waals surface area (Å²) in [5.41, 5.74) is 6.13. The van der Waals surface area contributed by atoms with Gasteiger partial charge in [0.05, 0.1) is 17.7 Å². The van der Waals surface area contributed by atoms with Gasteiger partial charge in [-0.2, -0.15) is 0 Å². The second-order valence-electron chi connectivity index (χ2n) is 4.18. The Morgan fingerprint density at radius 3 is 3.11 bits per heavy atom. The van der Waals surface area contributed by atoms with Gasteiger partial charge in [-0.3, -0.25) is 9.69 Å². The summed E-state index contributed by atoms with van der Waals surface area (Å²) >= 11 is 3.21. The zero-order valence-electron chi connectivity index (χ0n) is 9.73. The molecule has 1 atom stereocenters. The summed E-state index contributed by atoms with van der Waals surface area (Å²) in [7, 11) is 0. The monoisotopic (exact) mass is 316 g/mol. The molecule has 0 aliphatic carbocycles. The number of nitrogens with two attached hydrogens (primary N) is 1. The molecule has 6 heteroatoms. The molecule has 98 valence electrons. The van der Waals surface area contributed by atoms with Gasteiger partial charge < -0.3 is 10.5 Å². The van der Waals surface area contributed by atoms with Crippen LogP contribution in [0.1, 0.15) is 5.56 Å². The number of amides is 1. The molecule has 1 aromatic rings. The maximum absolute atomic E-state index is 13.4. The average molecular weight is 317 g/mol. The molecule has 4 nitrogen and oxygen atoms in total. The number of hydrogen-bond acceptors (Lipinski definition) is 3.